The van der Waals surface area contributed by atoms with Crippen molar-refractivity contribution in [1.29, 1.82) is 0 Å². The third kappa shape index (κ3) is 5.99. The molecule has 0 saturated heterocycles. The van der Waals surface area contributed by atoms with Crippen molar-refractivity contribution in [2.75, 3.05) is 26.0 Å². The summed E-state index contributed by atoms with van der Waals surface area (Å²) in [5.41, 5.74) is 1.37. The van der Waals surface area contributed by atoms with Crippen molar-refractivity contribution in [3.05, 3.63) is 81.7 Å². The molecule has 0 atom stereocenters. The molecule has 190 valence electrons. The van der Waals surface area contributed by atoms with Gasteiger partial charge in [-0.05, 0) is 49.2 Å². The van der Waals surface area contributed by atoms with E-state index in [1.807, 2.05) is 30.3 Å². The summed E-state index contributed by atoms with van der Waals surface area (Å²) in [7, 11) is -0.827. The summed E-state index contributed by atoms with van der Waals surface area (Å²) in [4.78, 5) is 38.5. The quantitative estimate of drug-likeness (QED) is 0.414. The lowest BCUT2D eigenvalue weighted by Crippen LogP contribution is -2.22. The minimum Gasteiger partial charge on any atom is -0.462 e. The fourth-order valence-electron chi connectivity index (χ4n) is 3.20. The normalized spacial score (nSPS) is 11.2. The molecule has 0 aliphatic heterocycles. The molecule has 1 heterocycles. The number of benzene rings is 2. The van der Waals surface area contributed by atoms with Crippen LogP contribution in [0.4, 0.5) is 5.00 Å². The summed E-state index contributed by atoms with van der Waals surface area (Å²) in [6.45, 7) is 3.39. The molecule has 0 aliphatic rings. The number of rotatable bonds is 9. The first kappa shape index (κ1) is 27.1. The van der Waals surface area contributed by atoms with Gasteiger partial charge in [-0.3, -0.25) is 4.79 Å². The predicted molar refractivity (Wildman–Crippen MR) is 136 cm³/mol. The molecule has 11 heteroatoms. The van der Waals surface area contributed by atoms with Gasteiger partial charge >= 0.3 is 11.9 Å². The first-order valence-corrected chi connectivity index (χ1v) is 13.2. The number of amides is 1. The number of thiophene rings is 1. The lowest BCUT2D eigenvalue weighted by Gasteiger charge is -2.11. The van der Waals surface area contributed by atoms with Crippen LogP contribution in [0, 0.1) is 6.92 Å². The van der Waals surface area contributed by atoms with Gasteiger partial charge in [-0.1, -0.05) is 30.3 Å². The molecular weight excluding hydrogens is 504 g/mol. The minimum atomic E-state index is -3.65. The second kappa shape index (κ2) is 11.5. The van der Waals surface area contributed by atoms with Gasteiger partial charge in [0.15, 0.2) is 0 Å². The summed E-state index contributed by atoms with van der Waals surface area (Å²) < 4.78 is 36.1. The van der Waals surface area contributed by atoms with E-state index in [9.17, 15) is 22.8 Å². The molecule has 3 aromatic rings. The summed E-state index contributed by atoms with van der Waals surface area (Å²) in [6.07, 6.45) is 0. The number of esters is 2. The highest BCUT2D eigenvalue weighted by Gasteiger charge is 2.28. The smallest absolute Gasteiger partial charge is 0.349 e. The molecule has 2 aromatic carbocycles. The summed E-state index contributed by atoms with van der Waals surface area (Å²) >= 11 is 0.908. The van der Waals surface area contributed by atoms with Gasteiger partial charge in [0.1, 0.15) is 16.5 Å². The van der Waals surface area contributed by atoms with Gasteiger partial charge < -0.3 is 14.8 Å². The Hall–Kier alpha value is -3.54. The highest BCUT2D eigenvalue weighted by Crippen LogP contribution is 2.35. The van der Waals surface area contributed by atoms with Gasteiger partial charge in [0.2, 0.25) is 10.0 Å². The average molecular weight is 531 g/mol. The molecule has 0 fully saturated rings. The fraction of sp³-hybridized carbons (Fsp3) is 0.240. The highest BCUT2D eigenvalue weighted by atomic mass is 32.2. The Balaban J connectivity index is 1.86. The summed E-state index contributed by atoms with van der Waals surface area (Å²) in [6, 6.07) is 14.5. The zero-order valence-electron chi connectivity index (χ0n) is 20.2. The molecule has 0 unspecified atom stereocenters. The number of sulfonamides is 1. The molecule has 0 aliphatic carbocycles. The maximum atomic E-state index is 12.9. The van der Waals surface area contributed by atoms with E-state index in [-0.39, 0.29) is 39.1 Å². The number of ether oxygens (including phenoxy) is 2. The molecule has 1 amide bonds. The Morgan fingerprint density at radius 1 is 0.944 bits per heavy atom. The number of nitrogens with zero attached hydrogens (tertiary/aromatic N) is 1. The van der Waals surface area contributed by atoms with Crippen LogP contribution in [0.25, 0.3) is 0 Å². The highest BCUT2D eigenvalue weighted by molar-refractivity contribution is 7.89. The van der Waals surface area contributed by atoms with Crippen molar-refractivity contribution in [3.8, 4) is 0 Å². The number of carbonyl (C=O) groups excluding carboxylic acids is 3. The number of hydrogen-bond acceptors (Lipinski definition) is 8. The van der Waals surface area contributed by atoms with Gasteiger partial charge in [0.05, 0.1) is 17.1 Å². The monoisotopic (exact) mass is 530 g/mol. The van der Waals surface area contributed by atoms with Crippen LogP contribution in [0.2, 0.25) is 0 Å². The van der Waals surface area contributed by atoms with Gasteiger partial charge in [0, 0.05) is 19.7 Å². The molecule has 0 spiro atoms. The second-order valence-corrected chi connectivity index (χ2v) is 11.0. The van der Waals surface area contributed by atoms with Crippen LogP contribution in [0.1, 0.15) is 48.4 Å². The molecule has 3 rings (SSSR count). The van der Waals surface area contributed by atoms with Crippen LogP contribution in [0.15, 0.2) is 59.5 Å². The van der Waals surface area contributed by atoms with E-state index in [0.717, 1.165) is 21.2 Å². The van der Waals surface area contributed by atoms with Crippen molar-refractivity contribution in [1.82, 2.24) is 4.31 Å². The third-order valence-electron chi connectivity index (χ3n) is 5.15. The molecular formula is C25H26N2O7S2. The van der Waals surface area contributed by atoms with Crippen molar-refractivity contribution in [3.63, 3.8) is 0 Å². The van der Waals surface area contributed by atoms with Crippen LogP contribution in [-0.4, -0.2) is 51.3 Å². The summed E-state index contributed by atoms with van der Waals surface area (Å²) in [5, 5.41) is 2.78. The standard InChI is InChI=1S/C25H26N2O7S2/c1-5-33-24(29)20-16(2)21(25(30)34-15-17-9-7-6-8-10-17)35-23(20)26-22(28)18-11-13-19(14-12-18)36(31,32)27(3)4/h6-14H,5,15H2,1-4H3,(H,26,28). The lowest BCUT2D eigenvalue weighted by molar-refractivity contribution is 0.0477. The molecule has 1 N–H and O–H groups in total. The van der Waals surface area contributed by atoms with E-state index in [4.69, 9.17) is 9.47 Å². The van der Waals surface area contributed by atoms with Crippen LogP contribution in [0.3, 0.4) is 0 Å². The molecule has 36 heavy (non-hydrogen) atoms. The lowest BCUT2D eigenvalue weighted by atomic mass is 10.1. The van der Waals surface area contributed by atoms with Gasteiger partial charge in [-0.2, -0.15) is 0 Å². The Morgan fingerprint density at radius 3 is 2.17 bits per heavy atom. The van der Waals surface area contributed by atoms with E-state index < -0.39 is 27.9 Å². The maximum absolute atomic E-state index is 12.9. The van der Waals surface area contributed by atoms with Crippen LogP contribution in [-0.2, 0) is 26.1 Å². The minimum absolute atomic E-state index is 0.0340. The van der Waals surface area contributed by atoms with E-state index in [2.05, 4.69) is 5.32 Å². The number of nitrogens with one attached hydrogen (secondary N) is 1. The second-order valence-electron chi connectivity index (χ2n) is 7.81. The first-order chi connectivity index (χ1) is 17.1. The van der Waals surface area contributed by atoms with E-state index in [1.54, 1.807) is 13.8 Å². The van der Waals surface area contributed by atoms with Gasteiger partial charge in [-0.25, -0.2) is 22.3 Å². The van der Waals surface area contributed by atoms with Crippen LogP contribution >= 0.6 is 11.3 Å². The van der Waals surface area contributed by atoms with Crippen molar-refractivity contribution >= 4 is 44.2 Å². The average Bonchev–Trinajstić information content (AvgIpc) is 3.18. The van der Waals surface area contributed by atoms with Crippen molar-refractivity contribution in [2.45, 2.75) is 25.3 Å². The van der Waals surface area contributed by atoms with E-state index >= 15 is 0 Å². The Kier molecular flexibility index (Phi) is 8.62. The molecule has 0 saturated carbocycles. The summed E-state index contributed by atoms with van der Waals surface area (Å²) in [5.74, 6) is -1.90. The van der Waals surface area contributed by atoms with Crippen molar-refractivity contribution < 1.29 is 32.3 Å². The number of anilines is 1. The molecule has 9 nitrogen and oxygen atoms in total. The topological polar surface area (TPSA) is 119 Å². The van der Waals surface area contributed by atoms with Gasteiger partial charge in [0.25, 0.3) is 5.91 Å². The zero-order valence-corrected chi connectivity index (χ0v) is 21.9. The fourth-order valence-corrected chi connectivity index (χ4v) is 5.18. The first-order valence-electron chi connectivity index (χ1n) is 10.9. The largest absolute Gasteiger partial charge is 0.462 e. The predicted octanol–water partition coefficient (Wildman–Crippen LogP) is 4.09. The Labute approximate surface area is 213 Å². The molecule has 0 radical (unpaired) electrons. The molecule has 0 bridgehead atoms. The van der Waals surface area contributed by atoms with Crippen LogP contribution in [0.5, 0.6) is 0 Å². The maximum Gasteiger partial charge on any atom is 0.349 e. The number of hydrogen-bond donors (Lipinski definition) is 1. The molecule has 1 aromatic heterocycles. The van der Waals surface area contributed by atoms with Crippen LogP contribution < -0.4 is 5.32 Å². The zero-order chi connectivity index (χ0) is 26.5. The third-order valence-corrected chi connectivity index (χ3v) is 8.16. The Bertz CT molecular complexity index is 1360. The van der Waals surface area contributed by atoms with E-state index in [0.29, 0.717) is 5.56 Å². The number of carbonyl (C=O) groups is 3. The van der Waals surface area contributed by atoms with E-state index in [1.165, 1.54) is 38.4 Å². The van der Waals surface area contributed by atoms with Gasteiger partial charge in [-0.15, -0.1) is 11.3 Å². The van der Waals surface area contributed by atoms with Crippen molar-refractivity contribution in [2.24, 2.45) is 0 Å². The Morgan fingerprint density at radius 2 is 1.58 bits per heavy atom. The SMILES string of the molecule is CCOC(=O)c1c(NC(=O)c2ccc(S(=O)(=O)N(C)C)cc2)sc(C(=O)OCc2ccccc2)c1C.